The molecule has 1 fully saturated rings. The molecule has 21 heavy (non-hydrogen) atoms. The van der Waals surface area contributed by atoms with Crippen molar-refractivity contribution in [2.24, 2.45) is 0 Å². The minimum atomic E-state index is -0.124. The van der Waals surface area contributed by atoms with E-state index in [-0.39, 0.29) is 5.91 Å². The van der Waals surface area contributed by atoms with Gasteiger partial charge in [0.25, 0.3) is 5.91 Å². The number of nitrogens with zero attached hydrogens (tertiary/aromatic N) is 1. The van der Waals surface area contributed by atoms with E-state index in [1.54, 1.807) is 6.07 Å². The Morgan fingerprint density at radius 1 is 1.14 bits per heavy atom. The fourth-order valence-corrected chi connectivity index (χ4v) is 2.56. The van der Waals surface area contributed by atoms with Gasteiger partial charge in [-0.25, -0.2) is 0 Å². The number of anilines is 2. The summed E-state index contributed by atoms with van der Waals surface area (Å²) in [4.78, 5) is 14.3. The largest absolute Gasteiger partial charge is 0.360 e. The number of carbonyl (C=O) groups is 1. The van der Waals surface area contributed by atoms with E-state index in [4.69, 9.17) is 12.2 Å². The maximum atomic E-state index is 12.3. The maximum Gasteiger partial charge on any atom is 0.255 e. The predicted octanol–water partition coefficient (Wildman–Crippen LogP) is 2.63. The third-order valence-electron chi connectivity index (χ3n) is 3.31. The number of hydrogen-bond acceptors (Lipinski definition) is 2. The number of amides is 1. The van der Waals surface area contributed by atoms with Crippen molar-refractivity contribution in [1.82, 2.24) is 5.32 Å². The smallest absolute Gasteiger partial charge is 0.255 e. The Morgan fingerprint density at radius 3 is 2.67 bits per heavy atom. The monoisotopic (exact) mass is 297 g/mol. The number of benzene rings is 2. The van der Waals surface area contributed by atoms with E-state index >= 15 is 0 Å². The van der Waals surface area contributed by atoms with Crippen molar-refractivity contribution >= 4 is 34.6 Å². The zero-order chi connectivity index (χ0) is 14.7. The van der Waals surface area contributed by atoms with Crippen LogP contribution >= 0.6 is 12.2 Å². The summed E-state index contributed by atoms with van der Waals surface area (Å²) in [5.74, 6) is -0.124. The van der Waals surface area contributed by atoms with Gasteiger partial charge >= 0.3 is 0 Å². The topological polar surface area (TPSA) is 44.4 Å². The van der Waals surface area contributed by atoms with Crippen LogP contribution in [-0.2, 0) is 0 Å². The molecule has 1 heterocycles. The zero-order valence-electron chi connectivity index (χ0n) is 11.4. The molecule has 1 saturated heterocycles. The minimum Gasteiger partial charge on any atom is -0.360 e. The van der Waals surface area contributed by atoms with Gasteiger partial charge in [0.2, 0.25) is 0 Å². The second kappa shape index (κ2) is 5.93. The van der Waals surface area contributed by atoms with Crippen LogP contribution in [0, 0.1) is 0 Å². The summed E-state index contributed by atoms with van der Waals surface area (Å²) in [6.07, 6.45) is 0. The summed E-state index contributed by atoms with van der Waals surface area (Å²) >= 11 is 5.25. The lowest BCUT2D eigenvalue weighted by Gasteiger charge is -2.17. The average molecular weight is 297 g/mol. The molecule has 1 amide bonds. The summed E-state index contributed by atoms with van der Waals surface area (Å²) in [6, 6.07) is 16.9. The SMILES string of the molecule is O=C(Nc1ccccc1)c1cccc(N2CCNC2=S)c1. The number of hydrogen-bond donors (Lipinski definition) is 2. The van der Waals surface area contributed by atoms with Gasteiger partial charge in [0, 0.05) is 30.0 Å². The molecule has 1 aliphatic rings. The highest BCUT2D eigenvalue weighted by Crippen LogP contribution is 2.19. The Labute approximate surface area is 128 Å². The van der Waals surface area contributed by atoms with Crippen LogP contribution in [0.25, 0.3) is 0 Å². The van der Waals surface area contributed by atoms with E-state index in [9.17, 15) is 4.79 Å². The van der Waals surface area contributed by atoms with Crippen LogP contribution in [0.2, 0.25) is 0 Å². The van der Waals surface area contributed by atoms with Gasteiger partial charge in [-0.1, -0.05) is 24.3 Å². The predicted molar refractivity (Wildman–Crippen MR) is 88.8 cm³/mol. The lowest BCUT2D eigenvalue weighted by atomic mass is 10.1. The first kappa shape index (κ1) is 13.6. The number of thiocarbonyl (C=S) groups is 1. The lowest BCUT2D eigenvalue weighted by Crippen LogP contribution is -2.27. The molecule has 3 rings (SSSR count). The fraction of sp³-hybridized carbons (Fsp3) is 0.125. The summed E-state index contributed by atoms with van der Waals surface area (Å²) in [5.41, 5.74) is 2.34. The van der Waals surface area contributed by atoms with Gasteiger partial charge in [0.1, 0.15) is 0 Å². The summed E-state index contributed by atoms with van der Waals surface area (Å²) in [5, 5.41) is 6.70. The first-order chi connectivity index (χ1) is 10.2. The standard InChI is InChI=1S/C16H15N3OS/c20-15(18-13-6-2-1-3-7-13)12-5-4-8-14(11-12)19-10-9-17-16(19)21/h1-8,11H,9-10H2,(H,17,21)(H,18,20). The van der Waals surface area contributed by atoms with Crippen molar-refractivity contribution in [2.45, 2.75) is 0 Å². The highest BCUT2D eigenvalue weighted by atomic mass is 32.1. The average Bonchev–Trinajstić information content (AvgIpc) is 2.94. The van der Waals surface area contributed by atoms with Gasteiger partial charge in [-0.05, 0) is 42.5 Å². The molecule has 0 bridgehead atoms. The second-order valence-corrected chi connectivity index (χ2v) is 5.14. The van der Waals surface area contributed by atoms with Crippen LogP contribution in [0.5, 0.6) is 0 Å². The zero-order valence-corrected chi connectivity index (χ0v) is 12.2. The van der Waals surface area contributed by atoms with E-state index in [0.29, 0.717) is 10.7 Å². The summed E-state index contributed by atoms with van der Waals surface area (Å²) in [6.45, 7) is 1.65. The maximum absolute atomic E-state index is 12.3. The Balaban J connectivity index is 1.79. The van der Waals surface area contributed by atoms with Crippen molar-refractivity contribution in [3.63, 3.8) is 0 Å². The highest BCUT2D eigenvalue weighted by molar-refractivity contribution is 7.80. The Morgan fingerprint density at radius 2 is 1.95 bits per heavy atom. The summed E-state index contributed by atoms with van der Waals surface area (Å²) < 4.78 is 0. The van der Waals surface area contributed by atoms with Crippen LogP contribution in [0.15, 0.2) is 54.6 Å². The van der Waals surface area contributed by atoms with Crippen LogP contribution in [-0.4, -0.2) is 24.1 Å². The molecule has 1 aliphatic heterocycles. The van der Waals surface area contributed by atoms with Crippen molar-refractivity contribution in [2.75, 3.05) is 23.3 Å². The molecular formula is C16H15N3OS. The third-order valence-corrected chi connectivity index (χ3v) is 3.67. The molecular weight excluding hydrogens is 282 g/mol. The van der Waals surface area contributed by atoms with E-state index < -0.39 is 0 Å². The van der Waals surface area contributed by atoms with Gasteiger partial charge < -0.3 is 15.5 Å². The highest BCUT2D eigenvalue weighted by Gasteiger charge is 2.18. The van der Waals surface area contributed by atoms with Gasteiger partial charge in [0.15, 0.2) is 5.11 Å². The van der Waals surface area contributed by atoms with E-state index in [1.807, 2.05) is 53.4 Å². The number of rotatable bonds is 3. The molecule has 2 aromatic carbocycles. The molecule has 2 aromatic rings. The first-order valence-corrected chi connectivity index (χ1v) is 7.17. The molecule has 0 aliphatic carbocycles. The normalized spacial score (nSPS) is 13.9. The number of nitrogens with one attached hydrogen (secondary N) is 2. The van der Waals surface area contributed by atoms with E-state index in [2.05, 4.69) is 10.6 Å². The minimum absolute atomic E-state index is 0.124. The van der Waals surface area contributed by atoms with E-state index in [0.717, 1.165) is 24.5 Å². The van der Waals surface area contributed by atoms with Crippen LogP contribution in [0.1, 0.15) is 10.4 Å². The molecule has 5 heteroatoms. The Hall–Kier alpha value is -2.40. The second-order valence-electron chi connectivity index (χ2n) is 4.75. The van der Waals surface area contributed by atoms with Crippen LogP contribution in [0.4, 0.5) is 11.4 Å². The van der Waals surface area contributed by atoms with Gasteiger partial charge in [-0.3, -0.25) is 4.79 Å². The molecule has 0 aromatic heterocycles. The third kappa shape index (κ3) is 3.03. The summed E-state index contributed by atoms with van der Waals surface area (Å²) in [7, 11) is 0. The van der Waals surface area contributed by atoms with Crippen LogP contribution in [0.3, 0.4) is 0 Å². The first-order valence-electron chi connectivity index (χ1n) is 6.76. The molecule has 0 radical (unpaired) electrons. The molecule has 106 valence electrons. The molecule has 0 unspecified atom stereocenters. The molecule has 2 N–H and O–H groups in total. The molecule has 4 nitrogen and oxygen atoms in total. The van der Waals surface area contributed by atoms with Crippen molar-refractivity contribution in [1.29, 1.82) is 0 Å². The van der Waals surface area contributed by atoms with Crippen molar-refractivity contribution in [3.05, 3.63) is 60.2 Å². The molecule has 0 saturated carbocycles. The van der Waals surface area contributed by atoms with Gasteiger partial charge in [0.05, 0.1) is 0 Å². The lowest BCUT2D eigenvalue weighted by molar-refractivity contribution is 0.102. The fourth-order valence-electron chi connectivity index (χ4n) is 2.26. The van der Waals surface area contributed by atoms with Gasteiger partial charge in [-0.15, -0.1) is 0 Å². The van der Waals surface area contributed by atoms with Crippen molar-refractivity contribution in [3.8, 4) is 0 Å². The molecule has 0 atom stereocenters. The Bertz CT molecular complexity index is 672. The number of carbonyl (C=O) groups excluding carboxylic acids is 1. The van der Waals surface area contributed by atoms with Crippen molar-refractivity contribution < 1.29 is 4.79 Å². The molecule has 0 spiro atoms. The quantitative estimate of drug-likeness (QED) is 0.855. The number of para-hydroxylation sites is 1. The Kier molecular flexibility index (Phi) is 3.83. The van der Waals surface area contributed by atoms with E-state index in [1.165, 1.54) is 0 Å². The van der Waals surface area contributed by atoms with Crippen LogP contribution < -0.4 is 15.5 Å². The van der Waals surface area contributed by atoms with Gasteiger partial charge in [-0.2, -0.15) is 0 Å².